The maximum atomic E-state index is 12.8. The lowest BCUT2D eigenvalue weighted by atomic mass is 10.1. The molecule has 0 spiro atoms. The van der Waals surface area contributed by atoms with Crippen molar-refractivity contribution >= 4 is 15.7 Å². The number of nitrogens with zero attached hydrogens (tertiary/aromatic N) is 3. The molecule has 0 bridgehead atoms. The van der Waals surface area contributed by atoms with E-state index in [1.165, 1.54) is 6.26 Å². The van der Waals surface area contributed by atoms with Crippen LogP contribution in [-0.2, 0) is 16.4 Å². The Hall–Kier alpha value is -3.40. The van der Waals surface area contributed by atoms with Crippen molar-refractivity contribution in [1.82, 2.24) is 20.3 Å². The van der Waals surface area contributed by atoms with Gasteiger partial charge in [0.05, 0.1) is 29.8 Å². The second-order valence-electron chi connectivity index (χ2n) is 6.19. The summed E-state index contributed by atoms with van der Waals surface area (Å²) < 4.78 is 38.8. The van der Waals surface area contributed by atoms with Gasteiger partial charge in [-0.15, -0.1) is 0 Å². The van der Waals surface area contributed by atoms with Gasteiger partial charge < -0.3 is 8.94 Å². The molecule has 10 heteroatoms. The number of benzene rings is 1. The number of hydrogen-bond acceptors (Lipinski definition) is 7. The lowest BCUT2D eigenvalue weighted by Gasteiger charge is -2.11. The zero-order chi connectivity index (χ0) is 19.7. The van der Waals surface area contributed by atoms with Crippen molar-refractivity contribution in [2.24, 2.45) is 0 Å². The highest BCUT2D eigenvalue weighted by Gasteiger charge is 2.23. The first-order valence-corrected chi connectivity index (χ1v) is 9.91. The molecule has 0 aliphatic heterocycles. The summed E-state index contributed by atoms with van der Waals surface area (Å²) in [5.41, 5.74) is 2.00. The number of rotatable bonds is 6. The largest absolute Gasteiger partial charge is 0.461 e. The third-order valence-corrected chi connectivity index (χ3v) is 5.77. The first kappa shape index (κ1) is 18.0. The lowest BCUT2D eigenvalue weighted by molar-refractivity contribution is 0.384. The molecule has 2 N–H and O–H groups in total. The number of furan rings is 1. The maximum Gasteiger partial charge on any atom is 0.265 e. The molecule has 0 atom stereocenters. The van der Waals surface area contributed by atoms with Crippen LogP contribution in [0.2, 0.25) is 0 Å². The molecule has 0 saturated heterocycles. The van der Waals surface area contributed by atoms with E-state index in [4.69, 9.17) is 8.94 Å². The number of anilines is 1. The highest BCUT2D eigenvalue weighted by molar-refractivity contribution is 7.92. The third kappa shape index (κ3) is 3.41. The van der Waals surface area contributed by atoms with Gasteiger partial charge in [0.1, 0.15) is 4.90 Å². The molecule has 0 aliphatic rings. The summed E-state index contributed by atoms with van der Waals surface area (Å²) in [6, 6.07) is 10.5. The Labute approximate surface area is 160 Å². The second kappa shape index (κ2) is 6.97. The number of hydrogen-bond donors (Lipinski definition) is 2. The van der Waals surface area contributed by atoms with Crippen LogP contribution in [0, 0.1) is 13.8 Å². The summed E-state index contributed by atoms with van der Waals surface area (Å²) in [4.78, 5) is 4.44. The zero-order valence-electron chi connectivity index (χ0n) is 15.1. The predicted octanol–water partition coefficient (Wildman–Crippen LogP) is 3.06. The van der Waals surface area contributed by atoms with Crippen LogP contribution in [0.5, 0.6) is 0 Å². The van der Waals surface area contributed by atoms with Crippen molar-refractivity contribution in [3.8, 4) is 11.6 Å². The van der Waals surface area contributed by atoms with Gasteiger partial charge in [0.25, 0.3) is 10.0 Å². The summed E-state index contributed by atoms with van der Waals surface area (Å²) in [7, 11) is -3.80. The Bertz CT molecular complexity index is 1190. The number of aryl methyl sites for hydroxylation is 2. The zero-order valence-corrected chi connectivity index (χ0v) is 15.9. The maximum absolute atomic E-state index is 12.8. The Balaban J connectivity index is 1.61. The van der Waals surface area contributed by atoms with Crippen molar-refractivity contribution in [2.45, 2.75) is 25.2 Å². The van der Waals surface area contributed by atoms with Gasteiger partial charge in [-0.2, -0.15) is 10.1 Å². The molecular formula is C18H17N5O4S. The van der Waals surface area contributed by atoms with Gasteiger partial charge in [-0.25, -0.2) is 8.42 Å². The van der Waals surface area contributed by atoms with Crippen LogP contribution in [0.25, 0.3) is 11.6 Å². The van der Waals surface area contributed by atoms with Crippen molar-refractivity contribution in [1.29, 1.82) is 0 Å². The third-order valence-electron chi connectivity index (χ3n) is 4.14. The summed E-state index contributed by atoms with van der Waals surface area (Å²) in [6.07, 6.45) is 1.78. The monoisotopic (exact) mass is 399 g/mol. The minimum Gasteiger partial charge on any atom is -0.461 e. The Morgan fingerprint density at radius 3 is 2.68 bits per heavy atom. The predicted molar refractivity (Wildman–Crippen MR) is 100 cm³/mol. The van der Waals surface area contributed by atoms with Gasteiger partial charge in [-0.05, 0) is 37.6 Å². The Morgan fingerprint density at radius 2 is 1.96 bits per heavy atom. The molecule has 0 unspecified atom stereocenters. The minimum atomic E-state index is -3.80. The van der Waals surface area contributed by atoms with Gasteiger partial charge in [-0.3, -0.25) is 9.82 Å². The molecule has 3 heterocycles. The number of aromatic amines is 1. The number of sulfonamides is 1. The second-order valence-corrected chi connectivity index (χ2v) is 7.81. The number of aromatic nitrogens is 4. The number of H-pyrrole nitrogens is 1. The molecule has 0 saturated carbocycles. The van der Waals surface area contributed by atoms with E-state index in [1.807, 2.05) is 6.07 Å². The summed E-state index contributed by atoms with van der Waals surface area (Å²) in [6.45, 7) is 3.30. The average Bonchev–Trinajstić information content (AvgIpc) is 3.38. The molecule has 3 aromatic heterocycles. The fraction of sp³-hybridized carbons (Fsp3) is 0.167. The van der Waals surface area contributed by atoms with Crippen LogP contribution in [0.3, 0.4) is 0 Å². The molecule has 0 fully saturated rings. The SMILES string of the molecule is Cc1n[nH]c(C)c1S(=O)(=O)Nc1ccccc1Cc1nc(-c2ccco2)no1. The van der Waals surface area contributed by atoms with Gasteiger partial charge in [0.15, 0.2) is 5.76 Å². The van der Waals surface area contributed by atoms with Gasteiger partial charge in [0, 0.05) is 0 Å². The van der Waals surface area contributed by atoms with Gasteiger partial charge in [-0.1, -0.05) is 23.4 Å². The molecule has 144 valence electrons. The van der Waals surface area contributed by atoms with E-state index < -0.39 is 10.0 Å². The number of nitrogens with one attached hydrogen (secondary N) is 2. The van der Waals surface area contributed by atoms with Gasteiger partial charge in [0.2, 0.25) is 11.7 Å². The highest BCUT2D eigenvalue weighted by Crippen LogP contribution is 2.25. The van der Waals surface area contributed by atoms with Crippen LogP contribution in [0.1, 0.15) is 22.8 Å². The van der Waals surface area contributed by atoms with E-state index in [2.05, 4.69) is 25.1 Å². The van der Waals surface area contributed by atoms with Crippen molar-refractivity contribution in [2.75, 3.05) is 4.72 Å². The Morgan fingerprint density at radius 1 is 1.14 bits per heavy atom. The highest BCUT2D eigenvalue weighted by atomic mass is 32.2. The van der Waals surface area contributed by atoms with E-state index in [0.717, 1.165) is 0 Å². The van der Waals surface area contributed by atoms with E-state index in [-0.39, 0.29) is 11.3 Å². The van der Waals surface area contributed by atoms with E-state index in [9.17, 15) is 8.42 Å². The fourth-order valence-corrected chi connectivity index (χ4v) is 4.38. The van der Waals surface area contributed by atoms with Crippen molar-refractivity contribution in [3.05, 3.63) is 65.5 Å². The standard InChI is InChI=1S/C18H17N5O4S/c1-11-17(12(2)21-20-11)28(24,25)23-14-7-4-3-6-13(14)10-16-19-18(22-27-16)15-8-5-9-26-15/h3-9,23H,10H2,1-2H3,(H,20,21). The fourth-order valence-electron chi connectivity index (χ4n) is 2.90. The van der Waals surface area contributed by atoms with E-state index >= 15 is 0 Å². The number of para-hydroxylation sites is 1. The molecule has 9 nitrogen and oxygen atoms in total. The van der Waals surface area contributed by atoms with Crippen molar-refractivity contribution < 1.29 is 17.4 Å². The molecule has 4 rings (SSSR count). The summed E-state index contributed by atoms with van der Waals surface area (Å²) in [5, 5.41) is 10.5. The molecular weight excluding hydrogens is 382 g/mol. The topological polar surface area (TPSA) is 127 Å². The normalized spacial score (nSPS) is 11.6. The molecule has 0 aliphatic carbocycles. The summed E-state index contributed by atoms with van der Waals surface area (Å²) >= 11 is 0. The quantitative estimate of drug-likeness (QED) is 0.510. The minimum absolute atomic E-state index is 0.139. The van der Waals surface area contributed by atoms with Gasteiger partial charge >= 0.3 is 0 Å². The van der Waals surface area contributed by atoms with Crippen molar-refractivity contribution in [3.63, 3.8) is 0 Å². The van der Waals surface area contributed by atoms with E-state index in [0.29, 0.717) is 40.1 Å². The molecule has 1 aromatic carbocycles. The molecule has 0 radical (unpaired) electrons. The van der Waals surface area contributed by atoms with E-state index in [1.54, 1.807) is 44.2 Å². The average molecular weight is 399 g/mol. The molecule has 4 aromatic rings. The lowest BCUT2D eigenvalue weighted by Crippen LogP contribution is -2.16. The Kier molecular flexibility index (Phi) is 4.47. The first-order valence-electron chi connectivity index (χ1n) is 8.43. The van der Waals surface area contributed by atoms with Crippen LogP contribution in [0.15, 0.2) is 56.5 Å². The van der Waals surface area contributed by atoms with Crippen LogP contribution < -0.4 is 4.72 Å². The smallest absolute Gasteiger partial charge is 0.265 e. The first-order chi connectivity index (χ1) is 13.4. The van der Waals surface area contributed by atoms with Crippen LogP contribution in [-0.4, -0.2) is 28.8 Å². The van der Waals surface area contributed by atoms with Crippen LogP contribution >= 0.6 is 0 Å². The van der Waals surface area contributed by atoms with Crippen LogP contribution in [0.4, 0.5) is 5.69 Å². The molecule has 28 heavy (non-hydrogen) atoms. The summed E-state index contributed by atoms with van der Waals surface area (Å²) in [5.74, 6) is 1.17. The molecule has 0 amide bonds.